The zero-order valence-corrected chi connectivity index (χ0v) is 12.0. The molecule has 18 heavy (non-hydrogen) atoms. The van der Waals surface area contributed by atoms with Crippen molar-refractivity contribution in [3.05, 3.63) is 30.3 Å². The zero-order chi connectivity index (χ0) is 13.4. The topological polar surface area (TPSA) is 38.3 Å². The molecule has 0 aliphatic heterocycles. The van der Waals surface area contributed by atoms with Gasteiger partial charge in [-0.15, -0.1) is 11.8 Å². The third kappa shape index (κ3) is 4.35. The molecular formula is C14H21NO2S. The molecule has 0 spiro atoms. The van der Waals surface area contributed by atoms with Gasteiger partial charge in [-0.05, 0) is 32.0 Å². The van der Waals surface area contributed by atoms with E-state index in [1.807, 2.05) is 32.0 Å². The third-order valence-corrected chi connectivity index (χ3v) is 3.83. The first-order valence-electron chi connectivity index (χ1n) is 6.13. The molecule has 0 aromatic heterocycles. The molecule has 1 aromatic rings. The van der Waals surface area contributed by atoms with Gasteiger partial charge in [0, 0.05) is 10.6 Å². The average Bonchev–Trinajstić information content (AvgIpc) is 2.39. The molecule has 100 valence electrons. The van der Waals surface area contributed by atoms with Crippen LogP contribution in [-0.4, -0.2) is 30.9 Å². The van der Waals surface area contributed by atoms with E-state index in [4.69, 9.17) is 4.74 Å². The molecule has 0 radical (unpaired) electrons. The Hall–Kier alpha value is -1.00. The Kier molecular flexibility index (Phi) is 6.22. The highest BCUT2D eigenvalue weighted by Gasteiger charge is 2.32. The van der Waals surface area contributed by atoms with E-state index in [-0.39, 0.29) is 5.97 Å². The Morgan fingerprint density at radius 3 is 2.61 bits per heavy atom. The molecule has 0 saturated carbocycles. The normalized spacial score (nSPS) is 13.9. The van der Waals surface area contributed by atoms with E-state index < -0.39 is 5.54 Å². The van der Waals surface area contributed by atoms with Gasteiger partial charge in [-0.2, -0.15) is 0 Å². The molecule has 1 unspecified atom stereocenters. The maximum absolute atomic E-state index is 11.8. The van der Waals surface area contributed by atoms with Crippen LogP contribution in [0.15, 0.2) is 35.2 Å². The third-order valence-electron chi connectivity index (χ3n) is 2.82. The number of carbonyl (C=O) groups excluding carboxylic acids is 1. The summed E-state index contributed by atoms with van der Waals surface area (Å²) in [6, 6.07) is 10.2. The smallest absolute Gasteiger partial charge is 0.325 e. The number of benzene rings is 1. The molecule has 1 atom stereocenters. The van der Waals surface area contributed by atoms with Gasteiger partial charge in [0.1, 0.15) is 5.54 Å². The van der Waals surface area contributed by atoms with Crippen LogP contribution in [0.5, 0.6) is 0 Å². The SMILES string of the molecule is CCNC(C)(CCSc1ccccc1)C(=O)OC. The number of carbonyl (C=O) groups is 1. The van der Waals surface area contributed by atoms with Crippen molar-refractivity contribution in [1.29, 1.82) is 0 Å². The molecule has 0 bridgehead atoms. The van der Waals surface area contributed by atoms with Crippen LogP contribution in [0.3, 0.4) is 0 Å². The predicted molar refractivity (Wildman–Crippen MR) is 75.9 cm³/mol. The Morgan fingerprint density at radius 2 is 2.06 bits per heavy atom. The maximum atomic E-state index is 11.8. The number of ether oxygens (including phenoxy) is 1. The number of likely N-dealkylation sites (N-methyl/N-ethyl adjacent to an activating group) is 1. The fraction of sp³-hybridized carbons (Fsp3) is 0.500. The first-order chi connectivity index (χ1) is 8.62. The second-order valence-corrected chi connectivity index (χ2v) is 5.43. The number of thioether (sulfide) groups is 1. The number of esters is 1. The number of rotatable bonds is 7. The quantitative estimate of drug-likeness (QED) is 0.609. The summed E-state index contributed by atoms with van der Waals surface area (Å²) in [6.07, 6.45) is 0.743. The van der Waals surface area contributed by atoms with E-state index in [0.29, 0.717) is 0 Å². The Morgan fingerprint density at radius 1 is 1.39 bits per heavy atom. The minimum atomic E-state index is -0.592. The van der Waals surface area contributed by atoms with Crippen LogP contribution in [0.2, 0.25) is 0 Å². The molecule has 4 heteroatoms. The second kappa shape index (κ2) is 7.44. The molecule has 0 aliphatic rings. The summed E-state index contributed by atoms with van der Waals surface area (Å²) in [5.74, 6) is 0.681. The molecule has 0 heterocycles. The number of hydrogen-bond donors (Lipinski definition) is 1. The van der Waals surface area contributed by atoms with Crippen LogP contribution in [-0.2, 0) is 9.53 Å². The maximum Gasteiger partial charge on any atom is 0.325 e. The lowest BCUT2D eigenvalue weighted by atomic mass is 9.99. The molecule has 1 rings (SSSR count). The highest BCUT2D eigenvalue weighted by Crippen LogP contribution is 2.22. The predicted octanol–water partition coefficient (Wildman–Crippen LogP) is 2.71. The molecule has 0 saturated heterocycles. The fourth-order valence-electron chi connectivity index (χ4n) is 1.77. The average molecular weight is 267 g/mol. The van der Waals surface area contributed by atoms with Gasteiger partial charge < -0.3 is 10.1 Å². The van der Waals surface area contributed by atoms with E-state index in [1.54, 1.807) is 11.8 Å². The summed E-state index contributed by atoms with van der Waals surface area (Å²) >= 11 is 1.75. The van der Waals surface area contributed by atoms with E-state index in [2.05, 4.69) is 17.4 Å². The lowest BCUT2D eigenvalue weighted by Gasteiger charge is -2.27. The van der Waals surface area contributed by atoms with Crippen molar-refractivity contribution in [2.75, 3.05) is 19.4 Å². The van der Waals surface area contributed by atoms with E-state index >= 15 is 0 Å². The van der Waals surface area contributed by atoms with Crippen LogP contribution in [0, 0.1) is 0 Å². The van der Waals surface area contributed by atoms with Crippen molar-refractivity contribution < 1.29 is 9.53 Å². The molecule has 0 amide bonds. The Bertz CT molecular complexity index is 369. The summed E-state index contributed by atoms with van der Waals surface area (Å²) in [5.41, 5.74) is -0.592. The Labute approximate surface area is 113 Å². The largest absolute Gasteiger partial charge is 0.468 e. The fourth-order valence-corrected chi connectivity index (χ4v) is 2.86. The molecule has 3 nitrogen and oxygen atoms in total. The van der Waals surface area contributed by atoms with Gasteiger partial charge in [0.05, 0.1) is 7.11 Å². The van der Waals surface area contributed by atoms with Gasteiger partial charge in [-0.3, -0.25) is 4.79 Å². The van der Waals surface area contributed by atoms with Crippen LogP contribution < -0.4 is 5.32 Å². The van der Waals surface area contributed by atoms with Crippen molar-refractivity contribution >= 4 is 17.7 Å². The van der Waals surface area contributed by atoms with Crippen molar-refractivity contribution in [1.82, 2.24) is 5.32 Å². The van der Waals surface area contributed by atoms with Crippen molar-refractivity contribution in [2.45, 2.75) is 30.7 Å². The lowest BCUT2D eigenvalue weighted by molar-refractivity contribution is -0.147. The van der Waals surface area contributed by atoms with E-state index in [1.165, 1.54) is 12.0 Å². The van der Waals surface area contributed by atoms with Crippen molar-refractivity contribution in [2.24, 2.45) is 0 Å². The summed E-state index contributed by atoms with van der Waals surface area (Å²) in [4.78, 5) is 13.0. The van der Waals surface area contributed by atoms with Gasteiger partial charge in [0.25, 0.3) is 0 Å². The van der Waals surface area contributed by atoms with Gasteiger partial charge in [-0.25, -0.2) is 0 Å². The van der Waals surface area contributed by atoms with E-state index in [9.17, 15) is 4.79 Å². The lowest BCUT2D eigenvalue weighted by Crippen LogP contribution is -2.50. The van der Waals surface area contributed by atoms with Crippen LogP contribution in [0.25, 0.3) is 0 Å². The van der Waals surface area contributed by atoms with Crippen LogP contribution in [0.4, 0.5) is 0 Å². The molecule has 0 aliphatic carbocycles. The van der Waals surface area contributed by atoms with Crippen LogP contribution >= 0.6 is 11.8 Å². The minimum absolute atomic E-state index is 0.196. The Balaban J connectivity index is 2.50. The highest BCUT2D eigenvalue weighted by atomic mass is 32.2. The van der Waals surface area contributed by atoms with Gasteiger partial charge >= 0.3 is 5.97 Å². The van der Waals surface area contributed by atoms with Gasteiger partial charge in [0.2, 0.25) is 0 Å². The van der Waals surface area contributed by atoms with Crippen molar-refractivity contribution in [3.63, 3.8) is 0 Å². The summed E-state index contributed by atoms with van der Waals surface area (Å²) in [7, 11) is 1.43. The van der Waals surface area contributed by atoms with Crippen molar-refractivity contribution in [3.8, 4) is 0 Å². The molecular weight excluding hydrogens is 246 g/mol. The first-order valence-corrected chi connectivity index (χ1v) is 7.12. The van der Waals surface area contributed by atoms with Gasteiger partial charge in [0.15, 0.2) is 0 Å². The van der Waals surface area contributed by atoms with E-state index in [0.717, 1.165) is 18.7 Å². The minimum Gasteiger partial charge on any atom is -0.468 e. The number of methoxy groups -OCH3 is 1. The zero-order valence-electron chi connectivity index (χ0n) is 11.2. The first kappa shape index (κ1) is 15.1. The summed E-state index contributed by atoms with van der Waals surface area (Å²) in [5, 5.41) is 3.21. The van der Waals surface area contributed by atoms with Crippen LogP contribution in [0.1, 0.15) is 20.3 Å². The standard InChI is InChI=1S/C14H21NO2S/c1-4-15-14(2,13(16)17-3)10-11-18-12-8-6-5-7-9-12/h5-9,15H,4,10-11H2,1-3H3. The monoisotopic (exact) mass is 267 g/mol. The number of nitrogens with one attached hydrogen (secondary N) is 1. The summed E-state index contributed by atoms with van der Waals surface area (Å²) < 4.78 is 4.86. The van der Waals surface area contributed by atoms with Gasteiger partial charge in [-0.1, -0.05) is 25.1 Å². The second-order valence-electron chi connectivity index (χ2n) is 4.27. The molecule has 0 fully saturated rings. The summed E-state index contributed by atoms with van der Waals surface area (Å²) in [6.45, 7) is 4.64. The number of hydrogen-bond acceptors (Lipinski definition) is 4. The highest BCUT2D eigenvalue weighted by molar-refractivity contribution is 7.99. The molecule has 1 aromatic carbocycles. The molecule has 1 N–H and O–H groups in total.